The smallest absolute Gasteiger partial charge is 0.306 e. The molecule has 0 unspecified atom stereocenters. The van der Waals surface area contributed by atoms with Crippen molar-refractivity contribution in [2.75, 3.05) is 13.7 Å². The molecule has 4 rings (SSSR count). The van der Waals surface area contributed by atoms with Gasteiger partial charge in [-0.15, -0.1) is 0 Å². The van der Waals surface area contributed by atoms with Gasteiger partial charge in [0.1, 0.15) is 11.4 Å². The standard InChI is InChI=1S/C26H38O5Si/c1-15-23(28)16(2)26(14-30-32(7,8)25(3,4)5)22-19(13-20(27)29-6)17-11-9-10-12-18(17)21(22)24(15)31-26/h9-12,15-16,19,21-22,24H,13-14H2,1-8H3/t15-,16+,19-,21-,22+,24+,26-/m1/s1. The molecular weight excluding hydrogens is 420 g/mol. The second-order valence-corrected chi connectivity index (χ2v) is 16.4. The molecule has 1 aliphatic carbocycles. The number of ketones is 1. The number of hydrogen-bond acceptors (Lipinski definition) is 5. The molecule has 176 valence electrons. The summed E-state index contributed by atoms with van der Waals surface area (Å²) in [6.45, 7) is 15.5. The summed E-state index contributed by atoms with van der Waals surface area (Å²) < 4.78 is 18.7. The van der Waals surface area contributed by atoms with Crippen molar-refractivity contribution in [3.8, 4) is 0 Å². The Morgan fingerprint density at radius 1 is 1.16 bits per heavy atom. The lowest BCUT2D eigenvalue weighted by Gasteiger charge is -2.47. The van der Waals surface area contributed by atoms with Gasteiger partial charge in [-0.25, -0.2) is 0 Å². The molecule has 2 heterocycles. The zero-order chi connectivity index (χ0) is 23.6. The molecule has 0 N–H and O–H groups in total. The minimum atomic E-state index is -2.07. The summed E-state index contributed by atoms with van der Waals surface area (Å²) in [5, 5.41) is 0.0559. The summed E-state index contributed by atoms with van der Waals surface area (Å²) in [6.07, 6.45) is 0.109. The fourth-order valence-electron chi connectivity index (χ4n) is 6.09. The summed E-state index contributed by atoms with van der Waals surface area (Å²) in [5.74, 6) is -0.375. The molecule has 32 heavy (non-hydrogen) atoms. The first-order valence-electron chi connectivity index (χ1n) is 11.9. The molecule has 2 saturated heterocycles. The minimum absolute atomic E-state index is 0.0117. The molecule has 6 heteroatoms. The van der Waals surface area contributed by atoms with Crippen LogP contribution in [0.4, 0.5) is 0 Å². The molecular formula is C26H38O5Si. The molecule has 5 nitrogen and oxygen atoms in total. The lowest BCUT2D eigenvalue weighted by Crippen LogP contribution is -2.58. The maximum Gasteiger partial charge on any atom is 0.306 e. The first-order valence-corrected chi connectivity index (χ1v) is 14.8. The number of hydrogen-bond donors (Lipinski definition) is 0. The second-order valence-electron chi connectivity index (χ2n) is 11.6. The third-order valence-electron chi connectivity index (χ3n) is 9.03. The Labute approximate surface area is 193 Å². The summed E-state index contributed by atoms with van der Waals surface area (Å²) in [6, 6.07) is 8.38. The number of carbonyl (C=O) groups excluding carboxylic acids is 2. The number of carbonyl (C=O) groups is 2. The highest BCUT2D eigenvalue weighted by Gasteiger charge is 2.69. The van der Waals surface area contributed by atoms with Crippen molar-refractivity contribution in [2.45, 2.75) is 82.7 Å². The number of methoxy groups -OCH3 is 1. The number of rotatable bonds is 5. The highest BCUT2D eigenvalue weighted by Crippen LogP contribution is 2.65. The largest absolute Gasteiger partial charge is 0.469 e. The van der Waals surface area contributed by atoms with Crippen LogP contribution in [0.25, 0.3) is 0 Å². The molecule has 2 aliphatic heterocycles. The van der Waals surface area contributed by atoms with Gasteiger partial charge in [0.05, 0.1) is 26.2 Å². The van der Waals surface area contributed by atoms with Crippen LogP contribution in [0.1, 0.15) is 64.0 Å². The Balaban J connectivity index is 1.81. The first-order chi connectivity index (χ1) is 14.9. The Morgan fingerprint density at radius 3 is 2.38 bits per heavy atom. The van der Waals surface area contributed by atoms with Crippen molar-refractivity contribution in [1.82, 2.24) is 0 Å². The van der Waals surface area contributed by atoms with Crippen LogP contribution in [-0.2, 0) is 23.5 Å². The van der Waals surface area contributed by atoms with Crippen LogP contribution < -0.4 is 0 Å². The molecule has 7 atom stereocenters. The van der Waals surface area contributed by atoms with E-state index in [0.717, 1.165) is 0 Å². The Hall–Kier alpha value is -1.50. The van der Waals surface area contributed by atoms with Gasteiger partial charge in [0, 0.05) is 29.6 Å². The van der Waals surface area contributed by atoms with Crippen molar-refractivity contribution in [3.05, 3.63) is 35.4 Å². The summed E-state index contributed by atoms with van der Waals surface area (Å²) in [7, 11) is -0.631. The van der Waals surface area contributed by atoms with E-state index >= 15 is 0 Å². The second kappa shape index (κ2) is 7.78. The van der Waals surface area contributed by atoms with Crippen LogP contribution in [0.5, 0.6) is 0 Å². The van der Waals surface area contributed by atoms with E-state index < -0.39 is 13.9 Å². The lowest BCUT2D eigenvalue weighted by atomic mass is 9.70. The molecule has 2 bridgehead atoms. The van der Waals surface area contributed by atoms with Gasteiger partial charge in [-0.3, -0.25) is 9.59 Å². The summed E-state index contributed by atoms with van der Waals surface area (Å²) >= 11 is 0. The highest BCUT2D eigenvalue weighted by molar-refractivity contribution is 6.74. The molecule has 2 fully saturated rings. The average Bonchev–Trinajstić information content (AvgIpc) is 3.23. The van der Waals surface area contributed by atoms with Gasteiger partial charge in [0.2, 0.25) is 0 Å². The molecule has 0 radical (unpaired) electrons. The van der Waals surface area contributed by atoms with E-state index in [0.29, 0.717) is 13.0 Å². The maximum absolute atomic E-state index is 13.4. The van der Waals surface area contributed by atoms with Crippen LogP contribution in [0.15, 0.2) is 24.3 Å². The number of fused-ring (bicyclic) bond motifs is 7. The van der Waals surface area contributed by atoms with Crippen molar-refractivity contribution < 1.29 is 23.5 Å². The van der Waals surface area contributed by atoms with Gasteiger partial charge < -0.3 is 13.9 Å². The van der Waals surface area contributed by atoms with Crippen LogP contribution in [0.3, 0.4) is 0 Å². The Kier molecular flexibility index (Phi) is 5.75. The number of esters is 1. The lowest BCUT2D eigenvalue weighted by molar-refractivity contribution is -0.179. The monoisotopic (exact) mass is 458 g/mol. The van der Waals surface area contributed by atoms with Gasteiger partial charge in [-0.05, 0) is 29.3 Å². The van der Waals surface area contributed by atoms with E-state index in [1.165, 1.54) is 18.2 Å². The minimum Gasteiger partial charge on any atom is -0.469 e. The molecule has 1 aromatic carbocycles. The van der Waals surface area contributed by atoms with Crippen LogP contribution in [0.2, 0.25) is 18.1 Å². The van der Waals surface area contributed by atoms with Crippen molar-refractivity contribution in [1.29, 1.82) is 0 Å². The first kappa shape index (κ1) is 23.6. The van der Waals surface area contributed by atoms with Gasteiger partial charge in [0.15, 0.2) is 8.32 Å². The Morgan fingerprint density at radius 2 is 1.78 bits per heavy atom. The summed E-state index contributed by atoms with van der Waals surface area (Å²) in [5.41, 5.74) is 1.69. The van der Waals surface area contributed by atoms with Crippen LogP contribution in [-0.4, -0.2) is 45.5 Å². The van der Waals surface area contributed by atoms with E-state index in [4.69, 9.17) is 13.9 Å². The fraction of sp³-hybridized carbons (Fsp3) is 0.692. The van der Waals surface area contributed by atoms with Gasteiger partial charge >= 0.3 is 5.97 Å². The molecule has 0 spiro atoms. The predicted octanol–water partition coefficient (Wildman–Crippen LogP) is 5.06. The predicted molar refractivity (Wildman–Crippen MR) is 126 cm³/mol. The van der Waals surface area contributed by atoms with Crippen LogP contribution in [0, 0.1) is 17.8 Å². The van der Waals surface area contributed by atoms with E-state index in [1.54, 1.807) is 0 Å². The third kappa shape index (κ3) is 3.33. The maximum atomic E-state index is 13.4. The number of ether oxygens (including phenoxy) is 2. The number of benzene rings is 1. The molecule has 0 aromatic heterocycles. The van der Waals surface area contributed by atoms with Gasteiger partial charge in [0.25, 0.3) is 0 Å². The van der Waals surface area contributed by atoms with Crippen molar-refractivity contribution >= 4 is 20.1 Å². The van der Waals surface area contributed by atoms with E-state index in [2.05, 4.69) is 46.0 Å². The third-order valence-corrected chi connectivity index (χ3v) is 13.5. The zero-order valence-electron chi connectivity index (χ0n) is 20.7. The van der Waals surface area contributed by atoms with E-state index in [1.807, 2.05) is 26.0 Å². The molecule has 3 aliphatic rings. The van der Waals surface area contributed by atoms with Gasteiger partial charge in [-0.1, -0.05) is 58.9 Å². The average molecular weight is 459 g/mol. The Bertz CT molecular complexity index is 919. The molecule has 0 saturated carbocycles. The van der Waals surface area contributed by atoms with Crippen LogP contribution >= 0.6 is 0 Å². The highest BCUT2D eigenvalue weighted by atomic mass is 28.4. The quantitative estimate of drug-likeness (QED) is 0.456. The SMILES string of the molecule is COC(=O)C[C@@H]1c2ccccc2[C@H]2[C@H]3O[C@@](CO[Si](C)(C)C(C)(C)C)([C@H]21)[C@@H](C)C(=O)[C@H]3C. The van der Waals surface area contributed by atoms with Crippen molar-refractivity contribution in [3.63, 3.8) is 0 Å². The van der Waals surface area contributed by atoms with Gasteiger partial charge in [-0.2, -0.15) is 0 Å². The topological polar surface area (TPSA) is 61.8 Å². The molecule has 1 aromatic rings. The number of Topliss-reactive ketones (excluding diaryl/α,β-unsaturated/α-hetero) is 1. The molecule has 0 amide bonds. The normalized spacial score (nSPS) is 36.1. The zero-order valence-corrected chi connectivity index (χ0v) is 21.7. The fourth-order valence-corrected chi connectivity index (χ4v) is 7.11. The van der Waals surface area contributed by atoms with E-state index in [-0.39, 0.29) is 52.5 Å². The van der Waals surface area contributed by atoms with Crippen molar-refractivity contribution in [2.24, 2.45) is 17.8 Å². The summed E-state index contributed by atoms with van der Waals surface area (Å²) in [4.78, 5) is 25.9. The van der Waals surface area contributed by atoms with E-state index in [9.17, 15) is 9.59 Å².